The first kappa shape index (κ1) is 14.5. The van der Waals surface area contributed by atoms with E-state index in [1.54, 1.807) is 10.8 Å². The van der Waals surface area contributed by atoms with Crippen LogP contribution in [0.1, 0.15) is 5.56 Å². The molecule has 0 saturated carbocycles. The molecule has 3 aromatic carbocycles. The molecule has 0 aliphatic carbocycles. The maximum atomic E-state index is 4.41. The molecule has 5 rings (SSSR count). The summed E-state index contributed by atoms with van der Waals surface area (Å²) in [5.74, 6) is 0.623. The average Bonchev–Trinajstić information content (AvgIpc) is 3.15. The second-order valence-corrected chi connectivity index (χ2v) is 5.95. The van der Waals surface area contributed by atoms with E-state index in [4.69, 9.17) is 0 Å². The molecule has 0 fully saturated rings. The lowest BCUT2D eigenvalue weighted by Gasteiger charge is -2.08. The minimum atomic E-state index is 0.623. The van der Waals surface area contributed by atoms with Crippen molar-refractivity contribution >= 4 is 39.2 Å². The van der Waals surface area contributed by atoms with Crippen LogP contribution in [0.5, 0.6) is 0 Å². The zero-order chi connectivity index (χ0) is 17.3. The Balaban J connectivity index is 1.57. The number of benzene rings is 3. The molecule has 0 atom stereocenters. The second kappa shape index (κ2) is 5.93. The van der Waals surface area contributed by atoms with Crippen LogP contribution in [0.25, 0.3) is 27.2 Å². The van der Waals surface area contributed by atoms with Gasteiger partial charge in [0.2, 0.25) is 0 Å². The van der Waals surface area contributed by atoms with Gasteiger partial charge in [0.15, 0.2) is 11.5 Å². The van der Waals surface area contributed by atoms with Gasteiger partial charge in [-0.1, -0.05) is 48.5 Å². The molecule has 0 saturated heterocycles. The second-order valence-electron chi connectivity index (χ2n) is 5.95. The largest absolute Gasteiger partial charge is 0.260 e. The molecule has 0 aliphatic rings. The first-order valence-corrected chi connectivity index (χ1v) is 8.25. The summed E-state index contributed by atoms with van der Waals surface area (Å²) in [4.78, 5) is 0. The lowest BCUT2D eigenvalue weighted by Crippen LogP contribution is -1.98. The molecule has 124 valence electrons. The smallest absolute Gasteiger partial charge is 0.177 e. The van der Waals surface area contributed by atoms with Crippen LogP contribution >= 0.6 is 0 Å². The van der Waals surface area contributed by atoms with Gasteiger partial charge in [-0.25, -0.2) is 0 Å². The number of hydrogen-bond donors (Lipinski definition) is 1. The zero-order valence-electron chi connectivity index (χ0n) is 13.7. The van der Waals surface area contributed by atoms with Crippen molar-refractivity contribution in [2.45, 2.75) is 0 Å². The van der Waals surface area contributed by atoms with Crippen LogP contribution in [0, 0.1) is 0 Å². The van der Waals surface area contributed by atoms with E-state index in [0.717, 1.165) is 5.56 Å². The zero-order valence-corrected chi connectivity index (χ0v) is 13.7. The van der Waals surface area contributed by atoms with Gasteiger partial charge >= 0.3 is 0 Å². The van der Waals surface area contributed by atoms with Crippen molar-refractivity contribution in [1.82, 2.24) is 19.8 Å². The van der Waals surface area contributed by atoms with Crippen molar-refractivity contribution in [3.05, 3.63) is 78.6 Å². The number of fused-ring (bicyclic) bond motifs is 3. The van der Waals surface area contributed by atoms with E-state index in [0.29, 0.717) is 11.5 Å². The van der Waals surface area contributed by atoms with E-state index in [1.165, 1.54) is 21.5 Å². The molecule has 0 radical (unpaired) electrons. The number of nitrogens with zero attached hydrogens (tertiary/aromatic N) is 5. The van der Waals surface area contributed by atoms with Gasteiger partial charge in [-0.3, -0.25) is 5.43 Å². The summed E-state index contributed by atoms with van der Waals surface area (Å²) >= 11 is 0. The van der Waals surface area contributed by atoms with E-state index in [9.17, 15) is 0 Å². The predicted octanol–water partition coefficient (Wildman–Crippen LogP) is 3.88. The fourth-order valence-corrected chi connectivity index (χ4v) is 3.14. The third-order valence-electron chi connectivity index (χ3n) is 4.35. The summed E-state index contributed by atoms with van der Waals surface area (Å²) in [5, 5.41) is 21.2. The molecule has 0 aliphatic heterocycles. The molecule has 0 bridgehead atoms. The molecule has 5 aromatic rings. The monoisotopic (exact) mass is 338 g/mol. The molecule has 0 spiro atoms. The Morgan fingerprint density at radius 1 is 0.885 bits per heavy atom. The number of hydrazone groups is 1. The van der Waals surface area contributed by atoms with Gasteiger partial charge < -0.3 is 0 Å². The normalized spacial score (nSPS) is 11.7. The van der Waals surface area contributed by atoms with E-state index in [1.807, 2.05) is 30.5 Å². The quantitative estimate of drug-likeness (QED) is 0.308. The number of rotatable bonds is 3. The van der Waals surface area contributed by atoms with Gasteiger partial charge in [-0.05, 0) is 39.7 Å². The molecule has 1 N–H and O–H groups in total. The summed E-state index contributed by atoms with van der Waals surface area (Å²) in [5.41, 5.74) is 4.76. The van der Waals surface area contributed by atoms with Gasteiger partial charge in [0.25, 0.3) is 0 Å². The van der Waals surface area contributed by atoms with E-state index >= 15 is 0 Å². The Bertz CT molecular complexity index is 1220. The standard InChI is InChI=1S/C20H14N6/c1-3-7-16-14(5-1)11-15-6-2-4-8-17(15)18(16)12-21-23-19-9-10-20-24-22-13-26(20)25-19/h1-13H,(H,23,25)/b21-12-. The molecular weight excluding hydrogens is 324 g/mol. The molecule has 2 aromatic heterocycles. The summed E-state index contributed by atoms with van der Waals surface area (Å²) < 4.78 is 1.60. The predicted molar refractivity (Wildman–Crippen MR) is 103 cm³/mol. The minimum Gasteiger partial charge on any atom is -0.260 e. The fraction of sp³-hybridized carbons (Fsp3) is 0. The van der Waals surface area contributed by atoms with Crippen LogP contribution in [0.3, 0.4) is 0 Å². The van der Waals surface area contributed by atoms with Crippen LogP contribution in [0.4, 0.5) is 5.82 Å². The van der Waals surface area contributed by atoms with E-state index in [2.05, 4.69) is 68.3 Å². The Kier molecular flexibility index (Phi) is 3.31. The van der Waals surface area contributed by atoms with Crippen LogP contribution in [0.15, 0.2) is 78.2 Å². The van der Waals surface area contributed by atoms with Crippen LogP contribution in [-0.2, 0) is 0 Å². The van der Waals surface area contributed by atoms with Gasteiger partial charge in [0, 0.05) is 5.56 Å². The number of anilines is 1. The summed E-state index contributed by atoms with van der Waals surface area (Å²) in [7, 11) is 0. The lowest BCUT2D eigenvalue weighted by molar-refractivity contribution is 0.925. The first-order valence-electron chi connectivity index (χ1n) is 8.25. The molecule has 0 amide bonds. The van der Waals surface area contributed by atoms with Crippen molar-refractivity contribution in [2.24, 2.45) is 5.10 Å². The maximum Gasteiger partial charge on any atom is 0.177 e. The molecule has 6 nitrogen and oxygen atoms in total. The van der Waals surface area contributed by atoms with Crippen molar-refractivity contribution in [3.8, 4) is 0 Å². The third-order valence-corrected chi connectivity index (χ3v) is 4.35. The Morgan fingerprint density at radius 2 is 1.62 bits per heavy atom. The van der Waals surface area contributed by atoms with Gasteiger partial charge in [0.1, 0.15) is 6.33 Å². The van der Waals surface area contributed by atoms with Gasteiger partial charge in [0.05, 0.1) is 6.21 Å². The van der Waals surface area contributed by atoms with Crippen LogP contribution in [-0.4, -0.2) is 26.0 Å². The first-order chi connectivity index (χ1) is 12.9. The Morgan fingerprint density at radius 3 is 2.38 bits per heavy atom. The average molecular weight is 338 g/mol. The topological polar surface area (TPSA) is 67.5 Å². The van der Waals surface area contributed by atoms with Crippen LogP contribution < -0.4 is 5.43 Å². The highest BCUT2D eigenvalue weighted by molar-refractivity contribution is 6.13. The highest BCUT2D eigenvalue weighted by atomic mass is 15.4. The molecule has 6 heteroatoms. The van der Waals surface area contributed by atoms with Crippen LogP contribution in [0.2, 0.25) is 0 Å². The molecule has 26 heavy (non-hydrogen) atoms. The molecular formula is C20H14N6. The fourth-order valence-electron chi connectivity index (χ4n) is 3.14. The third kappa shape index (κ3) is 2.44. The highest BCUT2D eigenvalue weighted by Gasteiger charge is 2.05. The Hall–Kier alpha value is -3.80. The number of hydrogen-bond acceptors (Lipinski definition) is 5. The lowest BCUT2D eigenvalue weighted by atomic mass is 9.97. The number of aromatic nitrogens is 4. The van der Waals surface area contributed by atoms with E-state index in [-0.39, 0.29) is 0 Å². The minimum absolute atomic E-state index is 0.623. The summed E-state index contributed by atoms with van der Waals surface area (Å²) in [6.45, 7) is 0. The van der Waals surface area contributed by atoms with E-state index < -0.39 is 0 Å². The Labute approximate surface area is 148 Å². The summed E-state index contributed by atoms with van der Waals surface area (Å²) in [6.07, 6.45) is 3.41. The van der Waals surface area contributed by atoms with Crippen molar-refractivity contribution in [2.75, 3.05) is 5.43 Å². The maximum absolute atomic E-state index is 4.41. The molecule has 2 heterocycles. The van der Waals surface area contributed by atoms with Crippen molar-refractivity contribution < 1.29 is 0 Å². The highest BCUT2D eigenvalue weighted by Crippen LogP contribution is 2.27. The summed E-state index contributed by atoms with van der Waals surface area (Å²) in [6, 6.07) is 22.5. The van der Waals surface area contributed by atoms with Gasteiger partial charge in [-0.2, -0.15) is 9.62 Å². The van der Waals surface area contributed by atoms with Gasteiger partial charge in [-0.15, -0.1) is 15.3 Å². The SMILES string of the molecule is C(=N/Nc1ccc2nncn2n1)/c1c2ccccc2cc2ccccc12. The number of nitrogens with one attached hydrogen (secondary N) is 1. The van der Waals surface area contributed by atoms with Crippen molar-refractivity contribution in [1.29, 1.82) is 0 Å². The molecule has 0 unspecified atom stereocenters. The van der Waals surface area contributed by atoms with Crippen molar-refractivity contribution in [3.63, 3.8) is 0 Å².